The van der Waals surface area contributed by atoms with Gasteiger partial charge in [-0.15, -0.1) is 0 Å². The van der Waals surface area contributed by atoms with E-state index in [0.717, 1.165) is 24.7 Å². The van der Waals surface area contributed by atoms with Crippen LogP contribution in [0.15, 0.2) is 17.3 Å². The molecule has 0 spiro atoms. The number of guanidine groups is 1. The highest BCUT2D eigenvalue weighted by molar-refractivity contribution is 5.79. The molecule has 1 aromatic rings. The molecule has 0 bridgehead atoms. The zero-order chi connectivity index (χ0) is 13.7. The van der Waals surface area contributed by atoms with Gasteiger partial charge in [-0.2, -0.15) is 5.10 Å². The van der Waals surface area contributed by atoms with Crippen LogP contribution in [0.2, 0.25) is 0 Å². The van der Waals surface area contributed by atoms with Gasteiger partial charge in [-0.25, -0.2) is 0 Å². The van der Waals surface area contributed by atoms with E-state index < -0.39 is 0 Å². The summed E-state index contributed by atoms with van der Waals surface area (Å²) in [4.78, 5) is 4.28. The van der Waals surface area contributed by atoms with Gasteiger partial charge in [-0.05, 0) is 30.7 Å². The molecular weight excluding hydrogens is 238 g/mol. The lowest BCUT2D eigenvalue weighted by atomic mass is 9.67. The zero-order valence-electron chi connectivity index (χ0n) is 12.2. The number of aliphatic imine (C=N–C) groups is 1. The van der Waals surface area contributed by atoms with Crippen molar-refractivity contribution in [2.24, 2.45) is 17.5 Å². The van der Waals surface area contributed by atoms with Crippen molar-refractivity contribution in [2.75, 3.05) is 13.6 Å². The minimum atomic E-state index is 0.504. The Hall–Kier alpha value is -1.52. The van der Waals surface area contributed by atoms with Gasteiger partial charge in [0.05, 0.1) is 12.2 Å². The van der Waals surface area contributed by atoms with E-state index in [1.165, 1.54) is 25.7 Å². The number of hydrogen-bond donors (Lipinski definition) is 2. The lowest BCUT2D eigenvalue weighted by molar-refractivity contribution is 0.131. The van der Waals surface area contributed by atoms with E-state index in [-0.39, 0.29) is 0 Å². The maximum atomic E-state index is 4.28. The quantitative estimate of drug-likeness (QED) is 0.627. The standard InChI is InChI=1S/C14H25N5/c1-4-14(7-5-8-14)11-17-13(15-2)16-10-12-6-9-18-19(12)3/h6,9H,4-5,7-8,10-11H2,1-3H3,(H2,15,16,17). The van der Waals surface area contributed by atoms with E-state index in [9.17, 15) is 0 Å². The van der Waals surface area contributed by atoms with Crippen LogP contribution in [0.5, 0.6) is 0 Å². The highest BCUT2D eigenvalue weighted by atomic mass is 15.3. The lowest BCUT2D eigenvalue weighted by Crippen LogP contribution is -2.46. The van der Waals surface area contributed by atoms with E-state index in [1.54, 1.807) is 0 Å². The fraction of sp³-hybridized carbons (Fsp3) is 0.714. The molecule has 5 heteroatoms. The Balaban J connectivity index is 1.79. The molecule has 0 aliphatic heterocycles. The van der Waals surface area contributed by atoms with Gasteiger partial charge in [-0.1, -0.05) is 13.3 Å². The van der Waals surface area contributed by atoms with Crippen LogP contribution in [0.1, 0.15) is 38.3 Å². The molecule has 2 N–H and O–H groups in total. The van der Waals surface area contributed by atoms with E-state index in [2.05, 4.69) is 27.6 Å². The minimum Gasteiger partial charge on any atom is -0.356 e. The van der Waals surface area contributed by atoms with Crippen LogP contribution in [-0.2, 0) is 13.6 Å². The van der Waals surface area contributed by atoms with Crippen molar-refractivity contribution in [3.8, 4) is 0 Å². The molecule has 0 saturated heterocycles. The van der Waals surface area contributed by atoms with Gasteiger partial charge < -0.3 is 10.6 Å². The molecule has 1 aliphatic rings. The second-order valence-corrected chi connectivity index (χ2v) is 5.43. The number of aromatic nitrogens is 2. The largest absolute Gasteiger partial charge is 0.356 e. The normalized spacial score (nSPS) is 17.9. The second-order valence-electron chi connectivity index (χ2n) is 5.43. The number of nitrogens with one attached hydrogen (secondary N) is 2. The van der Waals surface area contributed by atoms with Crippen molar-refractivity contribution < 1.29 is 0 Å². The highest BCUT2D eigenvalue weighted by Crippen LogP contribution is 2.42. The van der Waals surface area contributed by atoms with Crippen molar-refractivity contribution in [3.05, 3.63) is 18.0 Å². The third-order valence-electron chi connectivity index (χ3n) is 4.38. The fourth-order valence-corrected chi connectivity index (χ4v) is 2.57. The van der Waals surface area contributed by atoms with Crippen molar-refractivity contribution in [3.63, 3.8) is 0 Å². The molecule has 1 fully saturated rings. The van der Waals surface area contributed by atoms with E-state index in [0.29, 0.717) is 5.41 Å². The van der Waals surface area contributed by atoms with Crippen LogP contribution >= 0.6 is 0 Å². The molecule has 1 heterocycles. The molecule has 1 aliphatic carbocycles. The molecule has 106 valence electrons. The minimum absolute atomic E-state index is 0.504. The first-order valence-corrected chi connectivity index (χ1v) is 7.10. The lowest BCUT2D eigenvalue weighted by Gasteiger charge is -2.41. The number of hydrogen-bond acceptors (Lipinski definition) is 2. The molecule has 1 saturated carbocycles. The van der Waals surface area contributed by atoms with Gasteiger partial charge in [-0.3, -0.25) is 9.67 Å². The van der Waals surface area contributed by atoms with E-state index in [1.807, 2.05) is 31.0 Å². The van der Waals surface area contributed by atoms with Crippen molar-refractivity contribution in [1.82, 2.24) is 20.4 Å². The van der Waals surface area contributed by atoms with Crippen LogP contribution < -0.4 is 10.6 Å². The summed E-state index contributed by atoms with van der Waals surface area (Å²) < 4.78 is 1.87. The van der Waals surface area contributed by atoms with Crippen molar-refractivity contribution >= 4 is 5.96 Å². The molecule has 0 aromatic carbocycles. The Morgan fingerprint density at radius 3 is 2.74 bits per heavy atom. The Morgan fingerprint density at radius 1 is 1.47 bits per heavy atom. The molecule has 19 heavy (non-hydrogen) atoms. The van der Waals surface area contributed by atoms with Gasteiger partial charge in [0.15, 0.2) is 5.96 Å². The predicted molar refractivity (Wildman–Crippen MR) is 78.0 cm³/mol. The Bertz CT molecular complexity index is 425. The molecule has 5 nitrogen and oxygen atoms in total. The molecule has 0 atom stereocenters. The number of rotatable bonds is 5. The summed E-state index contributed by atoms with van der Waals surface area (Å²) in [6.45, 7) is 4.05. The third-order valence-corrected chi connectivity index (χ3v) is 4.38. The van der Waals surface area contributed by atoms with Crippen LogP contribution in [0, 0.1) is 5.41 Å². The first-order chi connectivity index (χ1) is 9.19. The van der Waals surface area contributed by atoms with Gasteiger partial charge in [0, 0.05) is 26.8 Å². The Labute approximate surface area is 115 Å². The van der Waals surface area contributed by atoms with Crippen molar-refractivity contribution in [1.29, 1.82) is 0 Å². The van der Waals surface area contributed by atoms with Crippen LogP contribution in [0.4, 0.5) is 0 Å². The van der Waals surface area contributed by atoms with Gasteiger partial charge in [0.2, 0.25) is 0 Å². The molecule has 0 radical (unpaired) electrons. The molecule has 0 unspecified atom stereocenters. The Morgan fingerprint density at radius 2 is 2.26 bits per heavy atom. The van der Waals surface area contributed by atoms with Gasteiger partial charge >= 0.3 is 0 Å². The van der Waals surface area contributed by atoms with Gasteiger partial charge in [0.1, 0.15) is 0 Å². The van der Waals surface area contributed by atoms with Crippen LogP contribution in [0.25, 0.3) is 0 Å². The monoisotopic (exact) mass is 263 g/mol. The average molecular weight is 263 g/mol. The second kappa shape index (κ2) is 6.08. The maximum Gasteiger partial charge on any atom is 0.191 e. The Kier molecular flexibility index (Phi) is 4.45. The average Bonchev–Trinajstić information content (AvgIpc) is 2.78. The third kappa shape index (κ3) is 3.28. The summed E-state index contributed by atoms with van der Waals surface area (Å²) in [5.74, 6) is 0.876. The van der Waals surface area contributed by atoms with E-state index in [4.69, 9.17) is 0 Å². The van der Waals surface area contributed by atoms with Gasteiger partial charge in [0.25, 0.3) is 0 Å². The summed E-state index contributed by atoms with van der Waals surface area (Å²) in [5, 5.41) is 10.9. The summed E-state index contributed by atoms with van der Waals surface area (Å²) in [6.07, 6.45) is 7.12. The molecular formula is C14H25N5. The summed E-state index contributed by atoms with van der Waals surface area (Å²) in [7, 11) is 3.77. The first kappa shape index (κ1) is 13.9. The maximum absolute atomic E-state index is 4.28. The summed E-state index contributed by atoms with van der Waals surface area (Å²) in [6, 6.07) is 2.01. The topological polar surface area (TPSA) is 54.2 Å². The zero-order valence-corrected chi connectivity index (χ0v) is 12.2. The molecule has 1 aromatic heterocycles. The molecule has 0 amide bonds. The number of aryl methyl sites for hydroxylation is 1. The molecule has 2 rings (SSSR count). The van der Waals surface area contributed by atoms with Crippen molar-refractivity contribution in [2.45, 2.75) is 39.2 Å². The van der Waals surface area contributed by atoms with E-state index >= 15 is 0 Å². The summed E-state index contributed by atoms with van der Waals surface area (Å²) in [5.41, 5.74) is 1.65. The fourth-order valence-electron chi connectivity index (χ4n) is 2.57. The van der Waals surface area contributed by atoms with Crippen LogP contribution in [-0.4, -0.2) is 29.3 Å². The van der Waals surface area contributed by atoms with Crippen LogP contribution in [0.3, 0.4) is 0 Å². The first-order valence-electron chi connectivity index (χ1n) is 7.10. The summed E-state index contributed by atoms with van der Waals surface area (Å²) >= 11 is 0. The smallest absolute Gasteiger partial charge is 0.191 e. The predicted octanol–water partition coefficient (Wildman–Crippen LogP) is 1.67. The SMILES string of the molecule is CCC1(CNC(=NC)NCc2ccnn2C)CCC1. The highest BCUT2D eigenvalue weighted by Gasteiger charge is 2.34. The number of nitrogens with zero attached hydrogens (tertiary/aromatic N) is 3.